The summed E-state index contributed by atoms with van der Waals surface area (Å²) < 4.78 is 3.81. The molecule has 1 aromatic heterocycles. The van der Waals surface area contributed by atoms with Gasteiger partial charge in [-0.1, -0.05) is 6.92 Å². The lowest BCUT2D eigenvalue weighted by Gasteiger charge is -1.97. The lowest BCUT2D eigenvalue weighted by molar-refractivity contribution is -0.384. The van der Waals surface area contributed by atoms with Crippen LogP contribution in [0.25, 0.3) is 0 Å². The fourth-order valence-electron chi connectivity index (χ4n) is 0.877. The van der Waals surface area contributed by atoms with Crippen LogP contribution in [0.4, 0.5) is 10.7 Å². The molecule has 1 N–H and O–H groups in total. The van der Waals surface area contributed by atoms with E-state index in [0.717, 1.165) is 11.5 Å². The van der Waals surface area contributed by atoms with E-state index in [1.165, 1.54) is 6.92 Å². The number of nitrogens with zero attached hydrogens (tertiary/aromatic N) is 2. The van der Waals surface area contributed by atoms with Crippen molar-refractivity contribution >= 4 is 28.1 Å². The fraction of sp³-hybridized carbons (Fsp3) is 0.429. The second-order valence-corrected chi connectivity index (χ2v) is 3.38. The Balaban J connectivity index is 2.98. The molecule has 0 bridgehead atoms. The first kappa shape index (κ1) is 10.6. The quantitative estimate of drug-likeness (QED) is 0.614. The molecule has 6 nitrogen and oxygen atoms in total. The van der Waals surface area contributed by atoms with Gasteiger partial charge in [0, 0.05) is 6.42 Å². The Hall–Kier alpha value is -1.50. The van der Waals surface area contributed by atoms with Gasteiger partial charge in [-0.15, -0.1) is 0 Å². The third-order valence-electron chi connectivity index (χ3n) is 1.59. The predicted octanol–water partition coefficient (Wildman–Crippen LogP) is 1.71. The zero-order valence-corrected chi connectivity index (χ0v) is 8.55. The van der Waals surface area contributed by atoms with Crippen LogP contribution >= 0.6 is 11.5 Å². The van der Waals surface area contributed by atoms with E-state index in [0.29, 0.717) is 5.69 Å². The molecule has 1 aromatic rings. The van der Waals surface area contributed by atoms with Crippen molar-refractivity contribution < 1.29 is 9.72 Å². The van der Waals surface area contributed by atoms with Gasteiger partial charge < -0.3 is 5.32 Å². The van der Waals surface area contributed by atoms with Gasteiger partial charge in [-0.25, -0.2) is 0 Å². The Bertz CT molecular complexity index is 374. The minimum atomic E-state index is -0.538. The molecule has 0 aliphatic heterocycles. The van der Waals surface area contributed by atoms with Crippen molar-refractivity contribution in [1.82, 2.24) is 4.37 Å². The highest BCUT2D eigenvalue weighted by Crippen LogP contribution is 2.31. The fourth-order valence-corrected chi connectivity index (χ4v) is 1.66. The number of carbonyl (C=O) groups is 1. The van der Waals surface area contributed by atoms with Crippen LogP contribution in [0.1, 0.15) is 19.0 Å². The van der Waals surface area contributed by atoms with E-state index >= 15 is 0 Å². The summed E-state index contributed by atoms with van der Waals surface area (Å²) >= 11 is 0.925. The first-order valence-electron chi connectivity index (χ1n) is 3.96. The van der Waals surface area contributed by atoms with Crippen LogP contribution in [-0.4, -0.2) is 15.2 Å². The molecule has 0 atom stereocenters. The zero-order valence-electron chi connectivity index (χ0n) is 7.73. The number of amides is 1. The van der Waals surface area contributed by atoms with E-state index in [1.807, 2.05) is 0 Å². The standard InChI is InChI=1S/C7H9N3O3S/c1-3-5(11)8-7-6(10(12)13)4(2)9-14-7/h3H2,1-2H3,(H,8,11). The average molecular weight is 215 g/mol. The molecule has 0 saturated heterocycles. The molecule has 0 radical (unpaired) electrons. The first-order chi connectivity index (χ1) is 6.56. The molecular formula is C7H9N3O3S. The van der Waals surface area contributed by atoms with Crippen molar-refractivity contribution in [2.24, 2.45) is 0 Å². The largest absolute Gasteiger partial charge is 0.326 e. The van der Waals surface area contributed by atoms with Crippen molar-refractivity contribution in [2.45, 2.75) is 20.3 Å². The van der Waals surface area contributed by atoms with E-state index in [4.69, 9.17) is 0 Å². The molecule has 14 heavy (non-hydrogen) atoms. The number of aryl methyl sites for hydroxylation is 1. The number of aromatic nitrogens is 1. The lowest BCUT2D eigenvalue weighted by Crippen LogP contribution is -2.09. The van der Waals surface area contributed by atoms with Gasteiger partial charge in [0.25, 0.3) is 0 Å². The highest BCUT2D eigenvalue weighted by atomic mass is 32.1. The van der Waals surface area contributed by atoms with Crippen molar-refractivity contribution in [3.05, 3.63) is 15.8 Å². The first-order valence-corrected chi connectivity index (χ1v) is 4.74. The molecule has 0 unspecified atom stereocenters. The summed E-state index contributed by atoms with van der Waals surface area (Å²) in [5.41, 5.74) is 0.211. The third kappa shape index (κ3) is 2.05. The van der Waals surface area contributed by atoms with E-state index < -0.39 is 4.92 Å². The highest BCUT2D eigenvalue weighted by Gasteiger charge is 2.22. The van der Waals surface area contributed by atoms with E-state index in [1.54, 1.807) is 6.92 Å². The van der Waals surface area contributed by atoms with Crippen LogP contribution in [0.2, 0.25) is 0 Å². The van der Waals surface area contributed by atoms with Gasteiger partial charge in [0.2, 0.25) is 5.91 Å². The highest BCUT2D eigenvalue weighted by molar-refractivity contribution is 7.11. The maximum absolute atomic E-state index is 11.0. The molecular weight excluding hydrogens is 206 g/mol. The molecule has 0 aliphatic carbocycles. The van der Waals surface area contributed by atoms with Gasteiger partial charge in [0.05, 0.1) is 4.92 Å². The van der Waals surface area contributed by atoms with Gasteiger partial charge in [-0.3, -0.25) is 14.9 Å². The van der Waals surface area contributed by atoms with Crippen LogP contribution in [0.5, 0.6) is 0 Å². The molecule has 1 heterocycles. The molecule has 1 amide bonds. The van der Waals surface area contributed by atoms with Crippen molar-refractivity contribution in [2.75, 3.05) is 5.32 Å². The zero-order chi connectivity index (χ0) is 10.7. The molecule has 0 aliphatic rings. The molecule has 1 rings (SSSR count). The second-order valence-electron chi connectivity index (χ2n) is 2.60. The lowest BCUT2D eigenvalue weighted by atomic mass is 10.4. The van der Waals surface area contributed by atoms with Crippen LogP contribution in [0.15, 0.2) is 0 Å². The van der Waals surface area contributed by atoms with Gasteiger partial charge in [0.15, 0.2) is 5.00 Å². The number of carbonyl (C=O) groups excluding carboxylic acids is 1. The summed E-state index contributed by atoms with van der Waals surface area (Å²) in [6.07, 6.45) is 0.286. The smallest absolute Gasteiger partial charge is 0.311 e. The maximum Gasteiger partial charge on any atom is 0.326 e. The number of anilines is 1. The van der Waals surface area contributed by atoms with Gasteiger partial charge >= 0.3 is 5.69 Å². The SMILES string of the molecule is CCC(=O)Nc1snc(C)c1[N+](=O)[O-]. The van der Waals surface area contributed by atoms with E-state index in [9.17, 15) is 14.9 Å². The van der Waals surface area contributed by atoms with Crippen LogP contribution < -0.4 is 5.32 Å². The van der Waals surface area contributed by atoms with Gasteiger partial charge in [0.1, 0.15) is 5.69 Å². The third-order valence-corrected chi connectivity index (χ3v) is 2.43. The Kier molecular flexibility index (Phi) is 3.13. The summed E-state index contributed by atoms with van der Waals surface area (Å²) in [6, 6.07) is 0. The normalized spacial score (nSPS) is 9.86. The Morgan fingerprint density at radius 3 is 2.86 bits per heavy atom. The summed E-state index contributed by atoms with van der Waals surface area (Å²) in [5.74, 6) is -0.253. The Labute approximate surface area is 84.3 Å². The summed E-state index contributed by atoms with van der Waals surface area (Å²) in [4.78, 5) is 21.1. The van der Waals surface area contributed by atoms with E-state index in [2.05, 4.69) is 9.69 Å². The second kappa shape index (κ2) is 4.14. The van der Waals surface area contributed by atoms with Gasteiger partial charge in [-0.05, 0) is 18.5 Å². The average Bonchev–Trinajstić information content (AvgIpc) is 2.46. The summed E-state index contributed by atoms with van der Waals surface area (Å²) in [7, 11) is 0. The molecule has 7 heteroatoms. The minimum Gasteiger partial charge on any atom is -0.311 e. The number of hydrogen-bond acceptors (Lipinski definition) is 5. The van der Waals surface area contributed by atoms with Gasteiger partial charge in [-0.2, -0.15) is 4.37 Å². The number of nitro groups is 1. The topological polar surface area (TPSA) is 85.1 Å². The number of nitrogens with one attached hydrogen (secondary N) is 1. The van der Waals surface area contributed by atoms with Crippen molar-refractivity contribution in [1.29, 1.82) is 0 Å². The number of rotatable bonds is 3. The Morgan fingerprint density at radius 2 is 2.36 bits per heavy atom. The van der Waals surface area contributed by atoms with Crippen molar-refractivity contribution in [3.8, 4) is 0 Å². The molecule has 76 valence electrons. The molecule has 0 saturated carbocycles. The molecule has 0 aromatic carbocycles. The minimum absolute atomic E-state index is 0.114. The maximum atomic E-state index is 11.0. The van der Waals surface area contributed by atoms with Crippen LogP contribution in [-0.2, 0) is 4.79 Å². The monoisotopic (exact) mass is 215 g/mol. The van der Waals surface area contributed by atoms with Crippen LogP contribution in [0.3, 0.4) is 0 Å². The molecule has 0 spiro atoms. The summed E-state index contributed by atoms with van der Waals surface area (Å²) in [6.45, 7) is 3.21. The van der Waals surface area contributed by atoms with Crippen molar-refractivity contribution in [3.63, 3.8) is 0 Å². The predicted molar refractivity (Wildman–Crippen MR) is 52.4 cm³/mol. The Morgan fingerprint density at radius 1 is 1.71 bits per heavy atom. The molecule has 0 fully saturated rings. The van der Waals surface area contributed by atoms with Crippen LogP contribution in [0, 0.1) is 17.0 Å². The summed E-state index contributed by atoms with van der Waals surface area (Å²) in [5, 5.41) is 13.2. The number of hydrogen-bond donors (Lipinski definition) is 1. The van der Waals surface area contributed by atoms with E-state index in [-0.39, 0.29) is 23.0 Å².